The average molecular weight is 913 g/mol. The predicted octanol–water partition coefficient (Wildman–Crippen LogP) is 17.4. The smallest absolute Gasteiger partial charge is 0.305 e. The summed E-state index contributed by atoms with van der Waals surface area (Å²) in [5.41, 5.74) is 0. The highest BCUT2D eigenvalue weighted by Gasteiger charge is 2.18. The van der Waals surface area contributed by atoms with Crippen molar-refractivity contribution in [1.82, 2.24) is 5.32 Å². The molecule has 2 unspecified atom stereocenters. The van der Waals surface area contributed by atoms with Crippen LogP contribution in [0.1, 0.15) is 290 Å². The first-order valence-corrected chi connectivity index (χ1v) is 28.4. The maximum absolute atomic E-state index is 12.4. The zero-order chi connectivity index (χ0) is 47.2. The maximum atomic E-state index is 12.4. The summed E-state index contributed by atoms with van der Waals surface area (Å²) < 4.78 is 5.46. The van der Waals surface area contributed by atoms with Crippen LogP contribution < -0.4 is 5.32 Å². The van der Waals surface area contributed by atoms with Crippen LogP contribution in [0.15, 0.2) is 48.6 Å². The predicted molar refractivity (Wildman–Crippen MR) is 282 cm³/mol. The van der Waals surface area contributed by atoms with E-state index in [-0.39, 0.29) is 18.5 Å². The molecule has 0 rings (SSSR count). The van der Waals surface area contributed by atoms with Crippen molar-refractivity contribution in [3.8, 4) is 0 Å². The molecule has 65 heavy (non-hydrogen) atoms. The van der Waals surface area contributed by atoms with Gasteiger partial charge < -0.3 is 20.3 Å². The van der Waals surface area contributed by atoms with E-state index in [4.69, 9.17) is 4.74 Å². The van der Waals surface area contributed by atoms with Gasteiger partial charge in [0, 0.05) is 12.8 Å². The molecule has 0 aliphatic rings. The minimum Gasteiger partial charge on any atom is -0.466 e. The van der Waals surface area contributed by atoms with Gasteiger partial charge in [-0.2, -0.15) is 0 Å². The van der Waals surface area contributed by atoms with Crippen LogP contribution in [0.4, 0.5) is 0 Å². The highest BCUT2D eigenvalue weighted by molar-refractivity contribution is 5.76. The van der Waals surface area contributed by atoms with E-state index in [1.54, 1.807) is 6.08 Å². The van der Waals surface area contributed by atoms with Crippen molar-refractivity contribution in [3.05, 3.63) is 48.6 Å². The van der Waals surface area contributed by atoms with Crippen LogP contribution >= 0.6 is 0 Å². The second-order valence-electron chi connectivity index (χ2n) is 19.3. The Morgan fingerprint density at radius 1 is 0.431 bits per heavy atom. The number of allylic oxidation sites excluding steroid dienone is 7. The van der Waals surface area contributed by atoms with E-state index in [1.165, 1.54) is 205 Å². The lowest BCUT2D eigenvalue weighted by atomic mass is 10.0. The van der Waals surface area contributed by atoms with E-state index in [0.29, 0.717) is 19.4 Å². The van der Waals surface area contributed by atoms with E-state index >= 15 is 0 Å². The number of aliphatic hydroxyl groups excluding tert-OH is 2. The van der Waals surface area contributed by atoms with Crippen molar-refractivity contribution in [3.63, 3.8) is 0 Å². The van der Waals surface area contributed by atoms with Gasteiger partial charge in [0.1, 0.15) is 0 Å². The molecule has 1 amide bonds. The van der Waals surface area contributed by atoms with Crippen LogP contribution in [0.5, 0.6) is 0 Å². The zero-order valence-electron chi connectivity index (χ0n) is 43.2. The summed E-state index contributed by atoms with van der Waals surface area (Å²) in [6, 6.07) is -0.632. The summed E-state index contributed by atoms with van der Waals surface area (Å²) >= 11 is 0. The number of carbonyl (C=O) groups is 2. The lowest BCUT2D eigenvalue weighted by molar-refractivity contribution is -0.143. The number of hydrogen-bond donors (Lipinski definition) is 3. The Morgan fingerprint density at radius 3 is 1.23 bits per heavy atom. The second kappa shape index (κ2) is 54.4. The Balaban J connectivity index is 3.44. The molecule has 0 fully saturated rings. The van der Waals surface area contributed by atoms with Gasteiger partial charge >= 0.3 is 5.97 Å². The number of aliphatic hydroxyl groups is 2. The molecule has 0 spiro atoms. The summed E-state index contributed by atoms with van der Waals surface area (Å²) in [5.74, 6) is -0.0826. The molecule has 0 bridgehead atoms. The van der Waals surface area contributed by atoms with Gasteiger partial charge in [0.05, 0.1) is 25.4 Å². The molecule has 0 radical (unpaired) electrons. The zero-order valence-corrected chi connectivity index (χ0v) is 43.2. The number of rotatable bonds is 52. The average Bonchev–Trinajstić information content (AvgIpc) is 3.31. The number of esters is 1. The highest BCUT2D eigenvalue weighted by atomic mass is 16.5. The van der Waals surface area contributed by atoms with Gasteiger partial charge in [0.25, 0.3) is 0 Å². The van der Waals surface area contributed by atoms with Crippen LogP contribution in [0.3, 0.4) is 0 Å². The van der Waals surface area contributed by atoms with Crippen LogP contribution in [0.2, 0.25) is 0 Å². The second-order valence-corrected chi connectivity index (χ2v) is 19.3. The van der Waals surface area contributed by atoms with Gasteiger partial charge in [-0.15, -0.1) is 0 Å². The van der Waals surface area contributed by atoms with Crippen LogP contribution in [-0.2, 0) is 14.3 Å². The molecule has 2 atom stereocenters. The normalized spacial score (nSPS) is 13.0. The molecule has 380 valence electrons. The van der Waals surface area contributed by atoms with Gasteiger partial charge in [0.2, 0.25) is 5.91 Å². The van der Waals surface area contributed by atoms with E-state index in [1.807, 2.05) is 6.08 Å². The number of hydrogen-bond acceptors (Lipinski definition) is 5. The lowest BCUT2D eigenvalue weighted by Crippen LogP contribution is -2.45. The summed E-state index contributed by atoms with van der Waals surface area (Å²) in [5, 5.41) is 23.0. The van der Waals surface area contributed by atoms with E-state index in [0.717, 1.165) is 57.8 Å². The first-order valence-electron chi connectivity index (χ1n) is 28.4. The first kappa shape index (κ1) is 62.8. The van der Waals surface area contributed by atoms with E-state index in [2.05, 4.69) is 55.6 Å². The highest BCUT2D eigenvalue weighted by Crippen LogP contribution is 2.15. The fourth-order valence-corrected chi connectivity index (χ4v) is 8.41. The minimum absolute atomic E-state index is 0.00600. The molecule has 6 nitrogen and oxygen atoms in total. The lowest BCUT2D eigenvalue weighted by Gasteiger charge is -2.20. The Labute approximate surface area is 404 Å². The Bertz CT molecular complexity index is 1100. The van der Waals surface area contributed by atoms with Crippen molar-refractivity contribution in [2.75, 3.05) is 13.2 Å². The SMILES string of the molecule is CCCC/C=C\C/C=C\CCCCCCCC(=O)OCCCCCCCCCCCCC/C=C\CCCCCCCCCC(=O)NC(CO)C(O)/C=C/CCCCCCCCCCCC. The molecule has 3 N–H and O–H groups in total. The fourth-order valence-electron chi connectivity index (χ4n) is 8.41. The maximum Gasteiger partial charge on any atom is 0.305 e. The minimum atomic E-state index is -0.848. The van der Waals surface area contributed by atoms with Crippen molar-refractivity contribution in [2.45, 2.75) is 302 Å². The molecule has 0 aromatic rings. The van der Waals surface area contributed by atoms with Crippen LogP contribution in [0, 0.1) is 0 Å². The molecule has 0 aliphatic carbocycles. The molecular weight excluding hydrogens is 803 g/mol. The number of carbonyl (C=O) groups excluding carboxylic acids is 2. The third-order valence-corrected chi connectivity index (χ3v) is 12.8. The Hall–Kier alpha value is -2.18. The van der Waals surface area contributed by atoms with Gasteiger partial charge in [-0.1, -0.05) is 242 Å². The summed E-state index contributed by atoms with van der Waals surface area (Å²) in [6.07, 6.45) is 68.5. The number of amides is 1. The third-order valence-electron chi connectivity index (χ3n) is 12.8. The molecule has 0 saturated heterocycles. The number of unbranched alkanes of at least 4 members (excludes halogenated alkanes) is 35. The summed E-state index contributed by atoms with van der Waals surface area (Å²) in [7, 11) is 0. The van der Waals surface area contributed by atoms with Gasteiger partial charge in [-0.3, -0.25) is 9.59 Å². The monoisotopic (exact) mass is 912 g/mol. The topological polar surface area (TPSA) is 95.9 Å². The number of nitrogens with one attached hydrogen (secondary N) is 1. The van der Waals surface area contributed by atoms with Crippen LogP contribution in [-0.4, -0.2) is 47.4 Å². The van der Waals surface area contributed by atoms with E-state index in [9.17, 15) is 19.8 Å². The molecule has 0 saturated carbocycles. The van der Waals surface area contributed by atoms with Crippen molar-refractivity contribution in [1.29, 1.82) is 0 Å². The quantitative estimate of drug-likeness (QED) is 0.0321. The Kier molecular flexibility index (Phi) is 52.6. The molecule has 0 heterocycles. The molecule has 0 aliphatic heterocycles. The summed E-state index contributed by atoms with van der Waals surface area (Å²) in [6.45, 7) is 4.84. The Morgan fingerprint density at radius 2 is 0.785 bits per heavy atom. The van der Waals surface area contributed by atoms with Gasteiger partial charge in [-0.05, 0) is 83.5 Å². The molecule has 6 heteroatoms. The molecular formula is C59H109NO5. The molecule has 0 aromatic heterocycles. The van der Waals surface area contributed by atoms with Crippen LogP contribution in [0.25, 0.3) is 0 Å². The van der Waals surface area contributed by atoms with Crippen molar-refractivity contribution in [2.24, 2.45) is 0 Å². The molecule has 0 aromatic carbocycles. The number of ether oxygens (including phenoxy) is 1. The van der Waals surface area contributed by atoms with Crippen molar-refractivity contribution >= 4 is 11.9 Å². The standard InChI is InChI=1S/C59H109NO5/c1-3-5-7-9-11-13-15-17-29-33-37-41-45-49-53-59(64)65-54-50-46-42-38-34-30-27-25-23-21-19-18-20-22-24-26-28-32-36-40-44-48-52-58(63)60-56(55-61)57(62)51-47-43-39-35-31-16-14-12-10-8-6-4-2/h9,11,15,17,20,22,47,51,56-57,61-62H,3-8,10,12-14,16,18-19,21,23-46,48-50,52-55H2,1-2H3,(H,60,63)/b11-9-,17-15-,22-20-,51-47+. The third kappa shape index (κ3) is 51.1. The van der Waals surface area contributed by atoms with Gasteiger partial charge in [0.15, 0.2) is 0 Å². The fraction of sp³-hybridized carbons (Fsp3) is 0.831. The van der Waals surface area contributed by atoms with E-state index < -0.39 is 12.1 Å². The van der Waals surface area contributed by atoms with Gasteiger partial charge in [-0.25, -0.2) is 0 Å². The first-order chi connectivity index (χ1) is 32.0. The van der Waals surface area contributed by atoms with Crippen molar-refractivity contribution < 1.29 is 24.5 Å². The largest absolute Gasteiger partial charge is 0.466 e. The summed E-state index contributed by atoms with van der Waals surface area (Å²) in [4.78, 5) is 24.4.